The van der Waals surface area contributed by atoms with Gasteiger partial charge < -0.3 is 14.4 Å². The highest BCUT2D eigenvalue weighted by molar-refractivity contribution is 5.60. The summed E-state index contributed by atoms with van der Waals surface area (Å²) in [6.45, 7) is 7.28. The molecule has 1 aliphatic heterocycles. The Labute approximate surface area is 136 Å². The van der Waals surface area contributed by atoms with Crippen LogP contribution in [0.1, 0.15) is 38.7 Å². The van der Waals surface area contributed by atoms with Gasteiger partial charge in [0.1, 0.15) is 5.82 Å². The number of ether oxygens (including phenoxy) is 2. The number of aromatic nitrogens is 3. The quantitative estimate of drug-likeness (QED) is 0.795. The third-order valence-corrected chi connectivity index (χ3v) is 3.96. The van der Waals surface area contributed by atoms with Gasteiger partial charge in [0, 0.05) is 38.1 Å². The van der Waals surface area contributed by atoms with E-state index in [4.69, 9.17) is 9.47 Å². The van der Waals surface area contributed by atoms with Crippen molar-refractivity contribution in [1.82, 2.24) is 15.2 Å². The van der Waals surface area contributed by atoms with E-state index in [-0.39, 0.29) is 0 Å². The summed E-state index contributed by atoms with van der Waals surface area (Å²) in [5, 5.41) is 7.37. The van der Waals surface area contributed by atoms with Crippen LogP contribution in [0.25, 0.3) is 11.3 Å². The first-order valence-electron chi connectivity index (χ1n) is 8.31. The molecule has 6 heteroatoms. The highest BCUT2D eigenvalue weighted by Crippen LogP contribution is 2.25. The second kappa shape index (κ2) is 7.57. The molecular weight excluding hydrogens is 292 g/mol. The summed E-state index contributed by atoms with van der Waals surface area (Å²) >= 11 is 0. The van der Waals surface area contributed by atoms with Crippen LogP contribution in [-0.4, -0.2) is 41.5 Å². The molecule has 23 heavy (non-hydrogen) atoms. The van der Waals surface area contributed by atoms with Crippen LogP contribution in [0, 0.1) is 0 Å². The minimum atomic E-state index is -0.400. The lowest BCUT2D eigenvalue weighted by molar-refractivity contribution is -0.142. The molecule has 0 radical (unpaired) electrons. The van der Waals surface area contributed by atoms with Gasteiger partial charge in [-0.25, -0.2) is 4.98 Å². The summed E-state index contributed by atoms with van der Waals surface area (Å²) in [7, 11) is 0. The molecule has 0 aromatic carbocycles. The number of hydrogen-bond acceptors (Lipinski definition) is 5. The first-order chi connectivity index (χ1) is 11.3. The van der Waals surface area contributed by atoms with Gasteiger partial charge in [-0.2, -0.15) is 5.10 Å². The van der Waals surface area contributed by atoms with Gasteiger partial charge >= 0.3 is 0 Å². The number of H-pyrrole nitrogens is 1. The molecular formula is C17H24N4O2. The van der Waals surface area contributed by atoms with Gasteiger partial charge in [0.2, 0.25) is 0 Å². The van der Waals surface area contributed by atoms with Gasteiger partial charge in [0.15, 0.2) is 6.29 Å². The van der Waals surface area contributed by atoms with E-state index in [2.05, 4.69) is 32.2 Å². The number of aromatic amines is 1. The summed E-state index contributed by atoms with van der Waals surface area (Å²) in [4.78, 5) is 6.89. The average Bonchev–Trinajstić information content (AvgIpc) is 3.27. The van der Waals surface area contributed by atoms with Crippen molar-refractivity contribution in [1.29, 1.82) is 0 Å². The van der Waals surface area contributed by atoms with E-state index in [0.717, 1.165) is 35.9 Å². The Kier molecular flexibility index (Phi) is 5.25. The van der Waals surface area contributed by atoms with E-state index in [0.29, 0.717) is 13.2 Å². The van der Waals surface area contributed by atoms with Gasteiger partial charge in [0.05, 0.1) is 11.4 Å². The number of nitrogens with one attached hydrogen (secondary N) is 1. The molecule has 1 saturated heterocycles. The Morgan fingerprint density at radius 2 is 1.91 bits per heavy atom. The zero-order valence-corrected chi connectivity index (χ0v) is 13.8. The van der Waals surface area contributed by atoms with Crippen molar-refractivity contribution < 1.29 is 9.47 Å². The third kappa shape index (κ3) is 3.71. The van der Waals surface area contributed by atoms with Crippen LogP contribution in [0.15, 0.2) is 24.4 Å². The van der Waals surface area contributed by atoms with E-state index >= 15 is 0 Å². The van der Waals surface area contributed by atoms with Crippen LogP contribution in [0.4, 0.5) is 5.82 Å². The fourth-order valence-electron chi connectivity index (χ4n) is 2.81. The SMILES string of the molecule is CCOC(OCC)c1cc(-c2ccc(N3CCCC3)nc2)n[nH]1. The Morgan fingerprint density at radius 3 is 2.52 bits per heavy atom. The van der Waals surface area contributed by atoms with E-state index in [9.17, 15) is 0 Å². The lowest BCUT2D eigenvalue weighted by Crippen LogP contribution is -2.18. The number of hydrogen-bond donors (Lipinski definition) is 1. The smallest absolute Gasteiger partial charge is 0.200 e. The second-order valence-electron chi connectivity index (χ2n) is 5.55. The van der Waals surface area contributed by atoms with Crippen LogP contribution in [0.3, 0.4) is 0 Å². The van der Waals surface area contributed by atoms with Crippen molar-refractivity contribution in [2.24, 2.45) is 0 Å². The van der Waals surface area contributed by atoms with Gasteiger partial charge in [-0.3, -0.25) is 5.10 Å². The highest BCUT2D eigenvalue weighted by atomic mass is 16.7. The van der Waals surface area contributed by atoms with Gasteiger partial charge in [0.25, 0.3) is 0 Å². The lowest BCUT2D eigenvalue weighted by atomic mass is 10.2. The molecule has 0 bridgehead atoms. The number of nitrogens with zero attached hydrogens (tertiary/aromatic N) is 3. The molecule has 0 spiro atoms. The predicted octanol–water partition coefficient (Wildman–Crippen LogP) is 3.14. The predicted molar refractivity (Wildman–Crippen MR) is 89.3 cm³/mol. The maximum atomic E-state index is 5.59. The summed E-state index contributed by atoms with van der Waals surface area (Å²) in [5.41, 5.74) is 2.67. The minimum absolute atomic E-state index is 0.400. The van der Waals surface area contributed by atoms with Crippen LogP contribution in [-0.2, 0) is 9.47 Å². The van der Waals surface area contributed by atoms with Gasteiger partial charge in [-0.1, -0.05) is 0 Å². The first-order valence-corrected chi connectivity index (χ1v) is 8.31. The van der Waals surface area contributed by atoms with E-state index < -0.39 is 6.29 Å². The highest BCUT2D eigenvalue weighted by Gasteiger charge is 2.16. The van der Waals surface area contributed by atoms with Crippen molar-refractivity contribution in [2.45, 2.75) is 33.0 Å². The molecule has 2 aromatic heterocycles. The number of anilines is 1. The van der Waals surface area contributed by atoms with Gasteiger partial charge in [-0.05, 0) is 44.9 Å². The molecule has 6 nitrogen and oxygen atoms in total. The van der Waals surface area contributed by atoms with E-state index in [1.54, 1.807) is 0 Å². The maximum Gasteiger partial charge on any atom is 0.200 e. The van der Waals surface area contributed by atoms with Crippen molar-refractivity contribution >= 4 is 5.82 Å². The summed E-state index contributed by atoms with van der Waals surface area (Å²) in [5.74, 6) is 1.04. The Hall–Kier alpha value is -1.92. The van der Waals surface area contributed by atoms with Crippen molar-refractivity contribution in [3.05, 3.63) is 30.1 Å². The summed E-state index contributed by atoms with van der Waals surface area (Å²) in [6.07, 6.45) is 3.98. The minimum Gasteiger partial charge on any atom is -0.357 e. The largest absolute Gasteiger partial charge is 0.357 e. The molecule has 0 atom stereocenters. The normalized spacial score (nSPS) is 14.8. The maximum absolute atomic E-state index is 5.59. The molecule has 2 aromatic rings. The first kappa shape index (κ1) is 16.0. The van der Waals surface area contributed by atoms with Crippen LogP contribution in [0.5, 0.6) is 0 Å². The summed E-state index contributed by atoms with van der Waals surface area (Å²) < 4.78 is 11.2. The topological polar surface area (TPSA) is 63.3 Å². The molecule has 1 N–H and O–H groups in total. The molecule has 0 saturated carbocycles. The summed E-state index contributed by atoms with van der Waals surface area (Å²) in [6, 6.07) is 6.09. The zero-order valence-electron chi connectivity index (χ0n) is 13.8. The molecule has 0 aliphatic carbocycles. The Morgan fingerprint density at radius 1 is 1.17 bits per heavy atom. The molecule has 1 fully saturated rings. The molecule has 1 aliphatic rings. The van der Waals surface area contributed by atoms with Crippen molar-refractivity contribution in [2.75, 3.05) is 31.2 Å². The monoisotopic (exact) mass is 316 g/mol. The number of rotatable bonds is 7. The zero-order chi connectivity index (χ0) is 16.1. The van der Waals surface area contributed by atoms with E-state index in [1.807, 2.05) is 26.1 Å². The molecule has 124 valence electrons. The Balaban J connectivity index is 1.74. The molecule has 0 amide bonds. The fourth-order valence-corrected chi connectivity index (χ4v) is 2.81. The second-order valence-corrected chi connectivity index (χ2v) is 5.55. The van der Waals surface area contributed by atoms with Gasteiger partial charge in [-0.15, -0.1) is 0 Å². The fraction of sp³-hybridized carbons (Fsp3) is 0.529. The molecule has 3 rings (SSSR count). The van der Waals surface area contributed by atoms with Crippen LogP contribution >= 0.6 is 0 Å². The third-order valence-electron chi connectivity index (χ3n) is 3.96. The lowest BCUT2D eigenvalue weighted by Gasteiger charge is -2.16. The molecule has 0 unspecified atom stereocenters. The number of pyridine rings is 1. The standard InChI is InChI=1S/C17H24N4O2/c1-3-22-17(23-4-2)15-11-14(19-20-15)13-7-8-16(18-12-13)21-9-5-6-10-21/h7-8,11-12,17H,3-6,9-10H2,1-2H3,(H,19,20). The molecule has 3 heterocycles. The van der Waals surface area contributed by atoms with E-state index in [1.165, 1.54) is 12.8 Å². The Bertz CT molecular complexity index is 599. The van der Waals surface area contributed by atoms with Crippen LogP contribution in [0.2, 0.25) is 0 Å². The average molecular weight is 316 g/mol. The van der Waals surface area contributed by atoms with Crippen molar-refractivity contribution in [3.63, 3.8) is 0 Å². The van der Waals surface area contributed by atoms with Crippen LogP contribution < -0.4 is 4.90 Å². The van der Waals surface area contributed by atoms with Crippen molar-refractivity contribution in [3.8, 4) is 11.3 Å².